The summed E-state index contributed by atoms with van der Waals surface area (Å²) in [6.45, 7) is 0. The Morgan fingerprint density at radius 3 is 0.850 bits per heavy atom. The molecule has 0 aliphatic heterocycles. The molecule has 0 unspecified atom stereocenters. The van der Waals surface area contributed by atoms with E-state index in [9.17, 15) is 33.7 Å². The second-order valence-corrected chi connectivity index (χ2v) is 11.6. The predicted octanol–water partition coefficient (Wildman–Crippen LogP) is -2.64. The van der Waals surface area contributed by atoms with Crippen LogP contribution in [-0.2, 0) is 40.1 Å². The Hall–Kier alpha value is -0.930. The molecular formula is C5H13N3O8S4. The molecular weight excluding hydrogens is 358 g/mol. The number of nitrogens with one attached hydrogen (secondary N) is 1. The monoisotopic (exact) mass is 371 g/mol. The van der Waals surface area contributed by atoms with Gasteiger partial charge in [0.2, 0.25) is 40.1 Å². The minimum Gasteiger partial charge on any atom is -0.266 e. The summed E-state index contributed by atoms with van der Waals surface area (Å²) in [5.41, 5.74) is 0. The Bertz CT molecular complexity index is 685. The van der Waals surface area contributed by atoms with E-state index in [1.807, 2.05) is 0 Å². The molecule has 0 rings (SSSR count). The van der Waals surface area contributed by atoms with Crippen molar-refractivity contribution in [3.63, 3.8) is 0 Å². The molecule has 0 aliphatic rings. The summed E-state index contributed by atoms with van der Waals surface area (Å²) in [6, 6.07) is 0. The number of rotatable bonds is 4. The molecule has 15 heteroatoms. The van der Waals surface area contributed by atoms with Crippen molar-refractivity contribution in [2.75, 3.05) is 25.0 Å². The first-order chi connectivity index (χ1) is 8.40. The molecule has 0 radical (unpaired) electrons. The van der Waals surface area contributed by atoms with E-state index in [2.05, 4.69) is 0 Å². The minimum absolute atomic E-state index is 0.380. The second-order valence-electron chi connectivity index (χ2n) is 3.77. The lowest BCUT2D eigenvalue weighted by Gasteiger charge is -2.26. The van der Waals surface area contributed by atoms with Gasteiger partial charge in [-0.1, -0.05) is 0 Å². The highest BCUT2D eigenvalue weighted by Gasteiger charge is 2.40. The van der Waals surface area contributed by atoms with Gasteiger partial charge in [-0.25, -0.2) is 33.7 Å². The van der Waals surface area contributed by atoms with Gasteiger partial charge in [-0.05, 0) is 0 Å². The summed E-state index contributed by atoms with van der Waals surface area (Å²) in [4.78, 5) is 0. The number of hydrogen-bond acceptors (Lipinski definition) is 9. The highest BCUT2D eigenvalue weighted by atomic mass is 32.3. The lowest BCUT2D eigenvalue weighted by Crippen LogP contribution is -2.52. The average Bonchev–Trinajstić information content (AvgIpc) is 1.88. The molecule has 120 valence electrons. The number of hydrogen-bond donors (Lipinski definition) is 1. The first-order valence-electron chi connectivity index (χ1n) is 4.39. The van der Waals surface area contributed by atoms with Crippen molar-refractivity contribution >= 4 is 46.1 Å². The molecule has 1 N–H and O–H groups in total. The Balaban J connectivity index is 6.47. The van der Waals surface area contributed by atoms with E-state index in [0.717, 1.165) is 0 Å². The topological polar surface area (TPSA) is 167 Å². The molecule has 0 amide bonds. The molecule has 0 bridgehead atoms. The molecule has 20 heavy (non-hydrogen) atoms. The zero-order chi connectivity index (χ0) is 16.7. The van der Waals surface area contributed by atoms with Gasteiger partial charge in [0, 0.05) is 0 Å². The lowest BCUT2D eigenvalue weighted by atomic mass is 11.1. The predicted molar refractivity (Wildman–Crippen MR) is 70.8 cm³/mol. The zero-order valence-electron chi connectivity index (χ0n) is 10.8. The van der Waals surface area contributed by atoms with Crippen LogP contribution in [0.1, 0.15) is 0 Å². The average molecular weight is 371 g/mol. The summed E-state index contributed by atoms with van der Waals surface area (Å²) in [5.74, 6) is -1.75. The van der Waals surface area contributed by atoms with Gasteiger partial charge in [0.15, 0.2) is 0 Å². The van der Waals surface area contributed by atoms with E-state index in [1.54, 1.807) is 0 Å². The van der Waals surface area contributed by atoms with Crippen molar-refractivity contribution in [3.8, 4) is 0 Å². The van der Waals surface area contributed by atoms with Crippen LogP contribution in [0.2, 0.25) is 0 Å². The molecule has 0 aromatic rings. The van der Waals surface area contributed by atoms with Crippen molar-refractivity contribution < 1.29 is 33.7 Å². The molecule has 0 saturated carbocycles. The first-order valence-corrected chi connectivity index (χ1v) is 11.8. The summed E-state index contributed by atoms with van der Waals surface area (Å²) in [6.07, 6.45) is 1.52. The molecule has 11 nitrogen and oxygen atoms in total. The number of nitrogens with zero attached hydrogens (tertiary/aromatic N) is 2. The Morgan fingerprint density at radius 2 is 0.750 bits per heavy atom. The van der Waals surface area contributed by atoms with Gasteiger partial charge in [0.05, 0.1) is 25.0 Å². The SMILES string of the molecule is CS(=O)(=O)N(C(=N)N(S(C)(=O)=O)S(C)(=O)=O)S(C)(=O)=O. The van der Waals surface area contributed by atoms with E-state index in [-0.39, 0.29) is 0 Å². The van der Waals surface area contributed by atoms with Gasteiger partial charge in [-0.2, -0.15) is 0 Å². The van der Waals surface area contributed by atoms with Crippen LogP contribution in [0.25, 0.3) is 0 Å². The van der Waals surface area contributed by atoms with Crippen LogP contribution in [0, 0.1) is 5.41 Å². The quantitative estimate of drug-likeness (QED) is 0.413. The maximum atomic E-state index is 11.4. The highest BCUT2D eigenvalue weighted by molar-refractivity contribution is 8.06. The van der Waals surface area contributed by atoms with Crippen molar-refractivity contribution in [1.82, 2.24) is 7.42 Å². The van der Waals surface area contributed by atoms with Crippen LogP contribution in [0.3, 0.4) is 0 Å². The molecule has 0 fully saturated rings. The van der Waals surface area contributed by atoms with Crippen LogP contribution in [0.5, 0.6) is 0 Å². The molecule has 0 saturated heterocycles. The zero-order valence-corrected chi connectivity index (χ0v) is 14.1. The van der Waals surface area contributed by atoms with Crippen LogP contribution in [0.15, 0.2) is 0 Å². The third-order valence-corrected chi connectivity index (χ3v) is 7.90. The van der Waals surface area contributed by atoms with Crippen LogP contribution in [-0.4, -0.2) is 72.1 Å². The molecule has 0 atom stereocenters. The van der Waals surface area contributed by atoms with Gasteiger partial charge in [-0.15, -0.1) is 7.42 Å². The van der Waals surface area contributed by atoms with Crippen molar-refractivity contribution in [1.29, 1.82) is 5.41 Å². The van der Waals surface area contributed by atoms with Crippen LogP contribution in [0.4, 0.5) is 0 Å². The van der Waals surface area contributed by atoms with E-state index in [0.29, 0.717) is 25.0 Å². The van der Waals surface area contributed by atoms with E-state index >= 15 is 0 Å². The van der Waals surface area contributed by atoms with Gasteiger partial charge in [-0.3, -0.25) is 5.41 Å². The van der Waals surface area contributed by atoms with Crippen molar-refractivity contribution in [2.24, 2.45) is 0 Å². The normalized spacial score (nSPS) is 13.8. The molecule has 0 spiro atoms. The number of sulfonamides is 4. The van der Waals surface area contributed by atoms with Crippen molar-refractivity contribution in [2.45, 2.75) is 0 Å². The summed E-state index contributed by atoms with van der Waals surface area (Å²) < 4.78 is 89.7. The molecule has 0 heterocycles. The maximum Gasteiger partial charge on any atom is 0.250 e. The fourth-order valence-corrected chi connectivity index (χ4v) is 6.91. The molecule has 0 aliphatic carbocycles. The van der Waals surface area contributed by atoms with E-state index in [4.69, 9.17) is 5.41 Å². The lowest BCUT2D eigenvalue weighted by molar-refractivity contribution is 0.532. The minimum atomic E-state index is -4.64. The van der Waals surface area contributed by atoms with E-state index in [1.165, 1.54) is 0 Å². The summed E-state index contributed by atoms with van der Waals surface area (Å²) in [5, 5.41) is 7.36. The highest BCUT2D eigenvalue weighted by Crippen LogP contribution is 2.15. The Morgan fingerprint density at radius 1 is 0.600 bits per heavy atom. The van der Waals surface area contributed by atoms with E-state index < -0.39 is 53.5 Å². The largest absolute Gasteiger partial charge is 0.266 e. The Labute approximate surface area is 117 Å². The standard InChI is InChI=1S/C5H13N3O8S4/c1-17(9,10)7(18(2,11)12)5(6)8(19(3,13)14)20(4,15)16/h6H,1-4H3. The smallest absolute Gasteiger partial charge is 0.250 e. The van der Waals surface area contributed by atoms with Gasteiger partial charge < -0.3 is 0 Å². The second kappa shape index (κ2) is 5.12. The fraction of sp³-hybridized carbons (Fsp3) is 0.800. The molecule has 0 aromatic heterocycles. The van der Waals surface area contributed by atoms with Gasteiger partial charge >= 0.3 is 0 Å². The fourth-order valence-electron chi connectivity index (χ4n) is 1.19. The third kappa shape index (κ3) is 4.57. The molecule has 0 aromatic carbocycles. The Kier molecular flexibility index (Phi) is 4.88. The van der Waals surface area contributed by atoms with Crippen LogP contribution >= 0.6 is 0 Å². The maximum absolute atomic E-state index is 11.4. The first kappa shape index (κ1) is 19.1. The van der Waals surface area contributed by atoms with Crippen molar-refractivity contribution in [3.05, 3.63) is 0 Å². The number of guanidine groups is 1. The van der Waals surface area contributed by atoms with Crippen LogP contribution < -0.4 is 0 Å². The van der Waals surface area contributed by atoms with Gasteiger partial charge in [0.1, 0.15) is 0 Å². The van der Waals surface area contributed by atoms with Gasteiger partial charge in [0.25, 0.3) is 5.96 Å². The summed E-state index contributed by atoms with van der Waals surface area (Å²) >= 11 is 0. The third-order valence-electron chi connectivity index (χ3n) is 1.55. The summed E-state index contributed by atoms with van der Waals surface area (Å²) in [7, 11) is -18.5.